The lowest BCUT2D eigenvalue weighted by atomic mass is 10.2. The Hall–Kier alpha value is -0.720. The minimum atomic E-state index is 0.557. The van der Waals surface area contributed by atoms with Gasteiger partial charge < -0.3 is 4.90 Å². The van der Waals surface area contributed by atoms with Crippen LogP contribution in [0.1, 0.15) is 33.1 Å². The molecule has 0 unspecified atom stereocenters. The molecular formula is C11H21N. The van der Waals surface area contributed by atoms with E-state index >= 15 is 0 Å². The van der Waals surface area contributed by atoms with Gasteiger partial charge in [0.2, 0.25) is 0 Å². The van der Waals surface area contributed by atoms with Crippen LogP contribution >= 0.6 is 0 Å². The lowest BCUT2D eigenvalue weighted by molar-refractivity contribution is 0.332. The SMILES string of the molecule is C=CCCCC(=C)N(C)C(C)C. The number of unbranched alkanes of at least 4 members (excludes halogenated alkanes) is 1. The first kappa shape index (κ1) is 11.3. The highest BCUT2D eigenvalue weighted by molar-refractivity contribution is 4.93. The molecule has 70 valence electrons. The fraction of sp³-hybridized carbons (Fsp3) is 0.636. The van der Waals surface area contributed by atoms with E-state index < -0.39 is 0 Å². The van der Waals surface area contributed by atoms with Crippen LogP contribution in [0.2, 0.25) is 0 Å². The average Bonchev–Trinajstić information content (AvgIpc) is 2.03. The molecule has 1 heteroatoms. The Bertz CT molecular complexity index is 147. The monoisotopic (exact) mass is 167 g/mol. The lowest BCUT2D eigenvalue weighted by Crippen LogP contribution is -2.24. The molecule has 0 amide bonds. The van der Waals surface area contributed by atoms with Crippen molar-refractivity contribution in [1.82, 2.24) is 4.90 Å². The first-order valence-electron chi connectivity index (χ1n) is 4.61. The molecule has 0 bridgehead atoms. The molecule has 0 saturated carbocycles. The highest BCUT2D eigenvalue weighted by Crippen LogP contribution is 2.11. The summed E-state index contributed by atoms with van der Waals surface area (Å²) in [4.78, 5) is 2.23. The number of hydrogen-bond acceptors (Lipinski definition) is 1. The summed E-state index contributed by atoms with van der Waals surface area (Å²) >= 11 is 0. The summed E-state index contributed by atoms with van der Waals surface area (Å²) in [6.07, 6.45) is 5.30. The van der Waals surface area contributed by atoms with Crippen LogP contribution in [0.3, 0.4) is 0 Å². The molecule has 0 aromatic carbocycles. The molecule has 12 heavy (non-hydrogen) atoms. The van der Waals surface area contributed by atoms with Gasteiger partial charge in [0.25, 0.3) is 0 Å². The van der Waals surface area contributed by atoms with Gasteiger partial charge in [0.05, 0.1) is 0 Å². The Kier molecular flexibility index (Phi) is 5.52. The molecule has 0 aromatic heterocycles. The maximum Gasteiger partial charge on any atom is 0.0226 e. The zero-order chi connectivity index (χ0) is 9.56. The van der Waals surface area contributed by atoms with Gasteiger partial charge >= 0.3 is 0 Å². The largest absolute Gasteiger partial charge is 0.376 e. The van der Waals surface area contributed by atoms with E-state index in [4.69, 9.17) is 0 Å². The molecule has 0 heterocycles. The van der Waals surface area contributed by atoms with Crippen molar-refractivity contribution in [1.29, 1.82) is 0 Å². The Morgan fingerprint density at radius 3 is 2.50 bits per heavy atom. The summed E-state index contributed by atoms with van der Waals surface area (Å²) in [5.74, 6) is 0. The van der Waals surface area contributed by atoms with Gasteiger partial charge in [0.1, 0.15) is 0 Å². The molecule has 0 aliphatic heterocycles. The summed E-state index contributed by atoms with van der Waals surface area (Å²) in [5.41, 5.74) is 1.23. The van der Waals surface area contributed by atoms with Crippen molar-refractivity contribution < 1.29 is 0 Å². The predicted molar refractivity (Wildman–Crippen MR) is 56.1 cm³/mol. The average molecular weight is 167 g/mol. The van der Waals surface area contributed by atoms with Crippen LogP contribution in [-0.2, 0) is 0 Å². The van der Waals surface area contributed by atoms with E-state index in [2.05, 4.69) is 39.0 Å². The summed E-state index contributed by atoms with van der Waals surface area (Å²) in [6.45, 7) is 12.1. The summed E-state index contributed by atoms with van der Waals surface area (Å²) < 4.78 is 0. The topological polar surface area (TPSA) is 3.24 Å². The van der Waals surface area contributed by atoms with Gasteiger partial charge in [-0.25, -0.2) is 0 Å². The van der Waals surface area contributed by atoms with Crippen molar-refractivity contribution in [2.75, 3.05) is 7.05 Å². The normalized spacial score (nSPS) is 10.0. The predicted octanol–water partition coefficient (Wildman–Crippen LogP) is 3.20. The van der Waals surface area contributed by atoms with Crippen LogP contribution < -0.4 is 0 Å². The van der Waals surface area contributed by atoms with Gasteiger partial charge in [0.15, 0.2) is 0 Å². The van der Waals surface area contributed by atoms with E-state index in [0.29, 0.717) is 6.04 Å². The van der Waals surface area contributed by atoms with Gasteiger partial charge in [-0.1, -0.05) is 12.7 Å². The zero-order valence-electron chi connectivity index (χ0n) is 8.64. The van der Waals surface area contributed by atoms with Crippen molar-refractivity contribution >= 4 is 0 Å². The third kappa shape index (κ3) is 4.22. The Morgan fingerprint density at radius 1 is 1.50 bits per heavy atom. The smallest absolute Gasteiger partial charge is 0.0226 e. The van der Waals surface area contributed by atoms with Gasteiger partial charge in [0, 0.05) is 18.8 Å². The third-order valence-corrected chi connectivity index (χ3v) is 2.15. The molecule has 0 atom stereocenters. The second-order valence-corrected chi connectivity index (χ2v) is 3.45. The van der Waals surface area contributed by atoms with Gasteiger partial charge in [-0.2, -0.15) is 0 Å². The van der Waals surface area contributed by atoms with E-state index in [1.807, 2.05) is 6.08 Å². The van der Waals surface area contributed by atoms with Crippen molar-refractivity contribution in [3.8, 4) is 0 Å². The van der Waals surface area contributed by atoms with Crippen molar-refractivity contribution in [3.05, 3.63) is 24.9 Å². The summed E-state index contributed by atoms with van der Waals surface area (Å²) in [6, 6.07) is 0.557. The fourth-order valence-electron chi connectivity index (χ4n) is 0.992. The van der Waals surface area contributed by atoms with Gasteiger partial charge in [-0.3, -0.25) is 0 Å². The maximum absolute atomic E-state index is 4.04. The Morgan fingerprint density at radius 2 is 2.08 bits per heavy atom. The van der Waals surface area contributed by atoms with Crippen LogP contribution in [0.5, 0.6) is 0 Å². The van der Waals surface area contributed by atoms with Crippen LogP contribution in [0.4, 0.5) is 0 Å². The van der Waals surface area contributed by atoms with Crippen molar-refractivity contribution in [2.45, 2.75) is 39.2 Å². The first-order valence-corrected chi connectivity index (χ1v) is 4.61. The molecule has 0 fully saturated rings. The molecule has 0 saturated heterocycles. The van der Waals surface area contributed by atoms with E-state index in [0.717, 1.165) is 12.8 Å². The number of hydrogen-bond donors (Lipinski definition) is 0. The highest BCUT2D eigenvalue weighted by atomic mass is 15.1. The summed E-state index contributed by atoms with van der Waals surface area (Å²) in [5, 5.41) is 0. The molecular weight excluding hydrogens is 146 g/mol. The molecule has 0 spiro atoms. The third-order valence-electron chi connectivity index (χ3n) is 2.15. The van der Waals surface area contributed by atoms with Crippen molar-refractivity contribution in [2.24, 2.45) is 0 Å². The molecule has 0 N–H and O–H groups in total. The van der Waals surface area contributed by atoms with Crippen LogP contribution in [0, 0.1) is 0 Å². The second-order valence-electron chi connectivity index (χ2n) is 3.45. The molecule has 0 radical (unpaired) electrons. The highest BCUT2D eigenvalue weighted by Gasteiger charge is 2.04. The minimum absolute atomic E-state index is 0.557. The first-order chi connectivity index (χ1) is 5.59. The van der Waals surface area contributed by atoms with E-state index in [1.54, 1.807) is 0 Å². The van der Waals surface area contributed by atoms with Gasteiger partial charge in [-0.05, 0) is 33.1 Å². The molecule has 0 rings (SSSR count). The molecule has 0 aliphatic carbocycles. The number of allylic oxidation sites excluding steroid dienone is 2. The maximum atomic E-state index is 4.04. The number of rotatable bonds is 6. The Balaban J connectivity index is 3.64. The summed E-state index contributed by atoms with van der Waals surface area (Å²) in [7, 11) is 2.10. The minimum Gasteiger partial charge on any atom is -0.376 e. The van der Waals surface area contributed by atoms with Crippen molar-refractivity contribution in [3.63, 3.8) is 0 Å². The van der Waals surface area contributed by atoms with Crippen LogP contribution in [-0.4, -0.2) is 18.0 Å². The zero-order valence-corrected chi connectivity index (χ0v) is 8.64. The van der Waals surface area contributed by atoms with Gasteiger partial charge in [-0.15, -0.1) is 6.58 Å². The van der Waals surface area contributed by atoms with E-state index in [-0.39, 0.29) is 0 Å². The standard InChI is InChI=1S/C11H21N/c1-6-7-8-9-11(4)12(5)10(2)3/h6,10H,1,4,7-9H2,2-3,5H3. The quantitative estimate of drug-likeness (QED) is 0.434. The van der Waals surface area contributed by atoms with E-state index in [9.17, 15) is 0 Å². The Labute approximate surface area is 76.8 Å². The second kappa shape index (κ2) is 5.87. The molecule has 1 nitrogen and oxygen atoms in total. The molecule has 0 aromatic rings. The molecule has 0 aliphatic rings. The van der Waals surface area contributed by atoms with Crippen LogP contribution in [0.15, 0.2) is 24.9 Å². The van der Waals surface area contributed by atoms with Crippen LogP contribution in [0.25, 0.3) is 0 Å². The van der Waals surface area contributed by atoms with E-state index in [1.165, 1.54) is 12.1 Å². The fourth-order valence-corrected chi connectivity index (χ4v) is 0.992. The lowest BCUT2D eigenvalue weighted by Gasteiger charge is -2.25. The number of nitrogens with zero attached hydrogens (tertiary/aromatic N) is 1.